The Kier molecular flexibility index (Phi) is 3.25. The predicted octanol–water partition coefficient (Wildman–Crippen LogP) is 1.71. The van der Waals surface area contributed by atoms with Gasteiger partial charge in [-0.25, -0.2) is 4.39 Å². The first-order valence-corrected chi connectivity index (χ1v) is 3.90. The van der Waals surface area contributed by atoms with Crippen molar-refractivity contribution in [2.45, 2.75) is 6.42 Å². The van der Waals surface area contributed by atoms with Gasteiger partial charge in [0.1, 0.15) is 5.82 Å². The van der Waals surface area contributed by atoms with E-state index in [1.165, 1.54) is 12.1 Å². The van der Waals surface area contributed by atoms with Crippen LogP contribution in [0, 0.1) is 5.82 Å². The smallest absolute Gasteiger partial charge is 0.305 e. The summed E-state index contributed by atoms with van der Waals surface area (Å²) in [6.45, 7) is 0.348. The molecular formula is C9H10FNO2. The van der Waals surface area contributed by atoms with Crippen molar-refractivity contribution in [3.63, 3.8) is 0 Å². The van der Waals surface area contributed by atoms with Crippen molar-refractivity contribution in [3.05, 3.63) is 30.1 Å². The summed E-state index contributed by atoms with van der Waals surface area (Å²) in [5.74, 6) is -1.15. The maximum Gasteiger partial charge on any atom is 0.305 e. The van der Waals surface area contributed by atoms with Crippen LogP contribution in [0.1, 0.15) is 6.42 Å². The monoisotopic (exact) mass is 183 g/mol. The molecule has 1 aromatic carbocycles. The number of hydrogen-bond donors (Lipinski definition) is 2. The molecule has 0 aliphatic rings. The molecule has 0 saturated heterocycles. The van der Waals surface area contributed by atoms with Gasteiger partial charge in [0.15, 0.2) is 0 Å². The Bertz CT molecular complexity index is 284. The lowest BCUT2D eigenvalue weighted by atomic mass is 10.3. The van der Waals surface area contributed by atoms with Gasteiger partial charge in [-0.1, -0.05) is 0 Å². The molecule has 0 aromatic heterocycles. The molecule has 0 fully saturated rings. The van der Waals surface area contributed by atoms with E-state index < -0.39 is 5.97 Å². The lowest BCUT2D eigenvalue weighted by Crippen LogP contribution is -2.07. The summed E-state index contributed by atoms with van der Waals surface area (Å²) in [6, 6.07) is 5.78. The first-order valence-electron chi connectivity index (χ1n) is 3.90. The highest BCUT2D eigenvalue weighted by Gasteiger charge is 1.96. The van der Waals surface area contributed by atoms with Crippen molar-refractivity contribution in [2.24, 2.45) is 0 Å². The van der Waals surface area contributed by atoms with Gasteiger partial charge in [0.05, 0.1) is 6.42 Å². The van der Waals surface area contributed by atoms with Crippen LogP contribution in [0.15, 0.2) is 24.3 Å². The highest BCUT2D eigenvalue weighted by molar-refractivity contribution is 5.67. The van der Waals surface area contributed by atoms with Crippen molar-refractivity contribution < 1.29 is 14.3 Å². The van der Waals surface area contributed by atoms with Crippen LogP contribution in [0.5, 0.6) is 0 Å². The Hall–Kier alpha value is -1.58. The van der Waals surface area contributed by atoms with E-state index in [2.05, 4.69) is 5.32 Å². The lowest BCUT2D eigenvalue weighted by molar-refractivity contribution is -0.136. The molecule has 0 radical (unpaired) electrons. The molecule has 0 unspecified atom stereocenters. The molecule has 13 heavy (non-hydrogen) atoms. The van der Waals surface area contributed by atoms with Gasteiger partial charge < -0.3 is 10.4 Å². The van der Waals surface area contributed by atoms with E-state index in [9.17, 15) is 9.18 Å². The topological polar surface area (TPSA) is 49.3 Å². The molecule has 0 saturated carbocycles. The fourth-order valence-electron chi connectivity index (χ4n) is 0.882. The van der Waals surface area contributed by atoms with E-state index >= 15 is 0 Å². The predicted molar refractivity (Wildman–Crippen MR) is 47.1 cm³/mol. The van der Waals surface area contributed by atoms with E-state index in [-0.39, 0.29) is 12.2 Å². The minimum atomic E-state index is -0.852. The van der Waals surface area contributed by atoms with E-state index in [4.69, 9.17) is 5.11 Å². The van der Waals surface area contributed by atoms with Crippen molar-refractivity contribution in [1.82, 2.24) is 0 Å². The third kappa shape index (κ3) is 3.55. The zero-order chi connectivity index (χ0) is 9.68. The van der Waals surface area contributed by atoms with Crippen LogP contribution in [0.4, 0.5) is 10.1 Å². The van der Waals surface area contributed by atoms with E-state index in [1.54, 1.807) is 12.1 Å². The number of rotatable bonds is 4. The van der Waals surface area contributed by atoms with Gasteiger partial charge in [-0.3, -0.25) is 4.79 Å². The Morgan fingerprint density at radius 1 is 1.38 bits per heavy atom. The molecule has 0 bridgehead atoms. The molecule has 1 rings (SSSR count). The first kappa shape index (κ1) is 9.51. The van der Waals surface area contributed by atoms with Gasteiger partial charge in [0.25, 0.3) is 0 Å². The van der Waals surface area contributed by atoms with Crippen LogP contribution in [0.3, 0.4) is 0 Å². The molecule has 4 heteroatoms. The minimum Gasteiger partial charge on any atom is -0.481 e. The van der Waals surface area contributed by atoms with Gasteiger partial charge in [-0.05, 0) is 24.3 Å². The Balaban J connectivity index is 2.37. The molecule has 3 nitrogen and oxygen atoms in total. The highest BCUT2D eigenvalue weighted by atomic mass is 19.1. The first-order chi connectivity index (χ1) is 6.18. The number of nitrogens with one attached hydrogen (secondary N) is 1. The molecule has 0 aliphatic carbocycles. The Labute approximate surface area is 75.2 Å². The molecule has 0 amide bonds. The largest absolute Gasteiger partial charge is 0.481 e. The second-order valence-corrected chi connectivity index (χ2v) is 2.58. The standard InChI is InChI=1S/C9H10FNO2/c10-7-1-3-8(4-2-7)11-6-5-9(12)13/h1-4,11H,5-6H2,(H,12,13). The maximum absolute atomic E-state index is 12.4. The van der Waals surface area contributed by atoms with Gasteiger partial charge in [0, 0.05) is 12.2 Å². The second kappa shape index (κ2) is 4.45. The van der Waals surface area contributed by atoms with Gasteiger partial charge in [-0.15, -0.1) is 0 Å². The molecule has 0 heterocycles. The zero-order valence-electron chi connectivity index (χ0n) is 6.96. The number of hydrogen-bond acceptors (Lipinski definition) is 2. The number of aliphatic carboxylic acids is 1. The minimum absolute atomic E-state index is 0.0530. The molecule has 1 aromatic rings. The molecule has 70 valence electrons. The number of carbonyl (C=O) groups is 1. The fourth-order valence-corrected chi connectivity index (χ4v) is 0.882. The molecule has 2 N–H and O–H groups in total. The zero-order valence-corrected chi connectivity index (χ0v) is 6.96. The Morgan fingerprint density at radius 2 is 2.00 bits per heavy atom. The van der Waals surface area contributed by atoms with E-state index in [1.807, 2.05) is 0 Å². The fraction of sp³-hybridized carbons (Fsp3) is 0.222. The quantitative estimate of drug-likeness (QED) is 0.747. The van der Waals surface area contributed by atoms with Crippen molar-refractivity contribution in [2.75, 3.05) is 11.9 Å². The number of carboxylic acids is 1. The average molecular weight is 183 g/mol. The number of anilines is 1. The third-order valence-corrected chi connectivity index (χ3v) is 1.51. The maximum atomic E-state index is 12.4. The van der Waals surface area contributed by atoms with Crippen LogP contribution < -0.4 is 5.32 Å². The molecule has 0 aliphatic heterocycles. The van der Waals surface area contributed by atoms with Crippen LogP contribution >= 0.6 is 0 Å². The molecule has 0 atom stereocenters. The summed E-state index contributed by atoms with van der Waals surface area (Å²) in [5, 5.41) is 11.2. The van der Waals surface area contributed by atoms with Crippen LogP contribution in [0.25, 0.3) is 0 Å². The van der Waals surface area contributed by atoms with Crippen molar-refractivity contribution in [1.29, 1.82) is 0 Å². The van der Waals surface area contributed by atoms with Gasteiger partial charge >= 0.3 is 5.97 Å². The summed E-state index contributed by atoms with van der Waals surface area (Å²) in [5.41, 5.74) is 0.725. The summed E-state index contributed by atoms with van der Waals surface area (Å²) in [6.07, 6.45) is 0.0530. The van der Waals surface area contributed by atoms with E-state index in [0.717, 1.165) is 5.69 Å². The summed E-state index contributed by atoms with van der Waals surface area (Å²) in [7, 11) is 0. The summed E-state index contributed by atoms with van der Waals surface area (Å²) in [4.78, 5) is 10.1. The van der Waals surface area contributed by atoms with Crippen molar-refractivity contribution >= 4 is 11.7 Å². The number of benzene rings is 1. The second-order valence-electron chi connectivity index (χ2n) is 2.58. The van der Waals surface area contributed by atoms with Crippen LogP contribution in [-0.2, 0) is 4.79 Å². The summed E-state index contributed by atoms with van der Waals surface area (Å²) >= 11 is 0. The Morgan fingerprint density at radius 3 is 2.54 bits per heavy atom. The van der Waals surface area contributed by atoms with Crippen molar-refractivity contribution in [3.8, 4) is 0 Å². The normalized spacial score (nSPS) is 9.62. The SMILES string of the molecule is O=C(O)CCNc1ccc(F)cc1. The lowest BCUT2D eigenvalue weighted by Gasteiger charge is -2.03. The molecular weight excluding hydrogens is 173 g/mol. The summed E-state index contributed by atoms with van der Waals surface area (Å²) < 4.78 is 12.4. The third-order valence-electron chi connectivity index (χ3n) is 1.51. The van der Waals surface area contributed by atoms with E-state index in [0.29, 0.717) is 6.54 Å². The van der Waals surface area contributed by atoms with Crippen LogP contribution in [0.2, 0.25) is 0 Å². The number of carboxylic acid groups (broad SMARTS) is 1. The van der Waals surface area contributed by atoms with Gasteiger partial charge in [0.2, 0.25) is 0 Å². The molecule has 0 spiro atoms. The average Bonchev–Trinajstić information content (AvgIpc) is 2.08. The van der Waals surface area contributed by atoms with Crippen LogP contribution in [-0.4, -0.2) is 17.6 Å². The highest BCUT2D eigenvalue weighted by Crippen LogP contribution is 2.07. The van der Waals surface area contributed by atoms with Gasteiger partial charge in [-0.2, -0.15) is 0 Å². The number of halogens is 1.